The molecular weight excluding hydrogens is 195 g/mol. The summed E-state index contributed by atoms with van der Waals surface area (Å²) in [6.45, 7) is 1.54. The van der Waals surface area contributed by atoms with E-state index >= 15 is 0 Å². The maximum atomic E-state index is 13.0. The van der Waals surface area contributed by atoms with Crippen LogP contribution in [0, 0.1) is 11.2 Å². The number of hydrogen-bond acceptors (Lipinski definition) is 3. The molecule has 76 valence electrons. The van der Waals surface area contributed by atoms with Crippen molar-refractivity contribution in [3.63, 3.8) is 0 Å². The van der Waals surface area contributed by atoms with Crippen molar-refractivity contribution in [3.05, 3.63) is 29.6 Å². The van der Waals surface area contributed by atoms with E-state index in [0.29, 0.717) is 5.52 Å². The normalized spacial score (nSPS) is 13.9. The molecule has 0 saturated heterocycles. The van der Waals surface area contributed by atoms with Crippen molar-refractivity contribution in [2.24, 2.45) is 0 Å². The average Bonchev–Trinajstić information content (AvgIpc) is 2.66. The second kappa shape index (κ2) is 2.79. The van der Waals surface area contributed by atoms with Gasteiger partial charge in [0, 0.05) is 24.5 Å². The van der Waals surface area contributed by atoms with E-state index in [2.05, 4.69) is 10.3 Å². The smallest absolute Gasteiger partial charge is 0.224 e. The van der Waals surface area contributed by atoms with Gasteiger partial charge in [-0.3, -0.25) is 9.98 Å². The van der Waals surface area contributed by atoms with Gasteiger partial charge in [-0.25, -0.2) is 9.37 Å². The summed E-state index contributed by atoms with van der Waals surface area (Å²) in [7, 11) is 0. The van der Waals surface area contributed by atoms with E-state index in [4.69, 9.17) is 5.41 Å². The van der Waals surface area contributed by atoms with Gasteiger partial charge in [0.1, 0.15) is 11.6 Å². The van der Waals surface area contributed by atoms with Crippen LogP contribution in [0.5, 0.6) is 0 Å². The van der Waals surface area contributed by atoms with Gasteiger partial charge in [-0.1, -0.05) is 0 Å². The first-order chi connectivity index (χ1) is 7.25. The Bertz CT molecular complexity index is 602. The Labute approximate surface area is 84.9 Å². The topological polar surface area (TPSA) is 53.7 Å². The van der Waals surface area contributed by atoms with Gasteiger partial charge >= 0.3 is 0 Å². The Morgan fingerprint density at radius 3 is 3.20 bits per heavy atom. The molecule has 5 heteroatoms. The minimum Gasteiger partial charge on any atom is -0.369 e. The fourth-order valence-electron chi connectivity index (χ4n) is 1.92. The molecule has 15 heavy (non-hydrogen) atoms. The molecule has 1 aliphatic rings. The van der Waals surface area contributed by atoms with Gasteiger partial charge < -0.3 is 5.32 Å². The molecule has 0 aliphatic carbocycles. The average molecular weight is 204 g/mol. The molecule has 1 aliphatic heterocycles. The van der Waals surface area contributed by atoms with Crippen LogP contribution < -0.4 is 10.9 Å². The van der Waals surface area contributed by atoms with Crippen LogP contribution in [0.1, 0.15) is 0 Å². The first kappa shape index (κ1) is 8.40. The Balaban J connectivity index is 2.48. The molecular formula is C10H9FN4. The molecule has 2 heterocycles. The van der Waals surface area contributed by atoms with Gasteiger partial charge in [-0.2, -0.15) is 0 Å². The van der Waals surface area contributed by atoms with Crippen LogP contribution in [0.2, 0.25) is 0 Å². The van der Waals surface area contributed by atoms with Gasteiger partial charge in [0.25, 0.3) is 0 Å². The molecule has 2 aromatic rings. The highest BCUT2D eigenvalue weighted by Crippen LogP contribution is 2.23. The van der Waals surface area contributed by atoms with E-state index in [-0.39, 0.29) is 11.4 Å². The minimum atomic E-state index is -0.322. The third-order valence-electron chi connectivity index (χ3n) is 2.59. The van der Waals surface area contributed by atoms with Gasteiger partial charge in [0.15, 0.2) is 0 Å². The molecule has 1 aromatic heterocycles. The monoisotopic (exact) mass is 204 g/mol. The van der Waals surface area contributed by atoms with E-state index in [1.54, 1.807) is 10.6 Å². The van der Waals surface area contributed by atoms with Gasteiger partial charge in [0.2, 0.25) is 5.62 Å². The first-order valence-electron chi connectivity index (χ1n) is 4.74. The number of hydrogen-bond donors (Lipinski definition) is 2. The zero-order chi connectivity index (χ0) is 10.4. The number of halogens is 1. The third-order valence-corrected chi connectivity index (χ3v) is 2.59. The molecule has 1 aromatic carbocycles. The maximum absolute atomic E-state index is 13.0. The van der Waals surface area contributed by atoms with Crippen LogP contribution in [-0.2, 0) is 6.54 Å². The summed E-state index contributed by atoms with van der Waals surface area (Å²) in [5, 5.41) is 11.7. The van der Waals surface area contributed by atoms with Crippen molar-refractivity contribution in [1.29, 1.82) is 5.41 Å². The van der Waals surface area contributed by atoms with Crippen molar-refractivity contribution in [2.75, 3.05) is 11.9 Å². The standard InChI is InChI=1S/C10H9FN4/c11-6-1-2-7-8(5-6)14-10(12)15-4-3-13-9(7)15/h1-2,5,12-13H,3-4H2. The quantitative estimate of drug-likeness (QED) is 0.674. The number of fused-ring (bicyclic) bond motifs is 3. The molecule has 3 rings (SSSR count). The lowest BCUT2D eigenvalue weighted by Crippen LogP contribution is -2.21. The molecule has 0 unspecified atom stereocenters. The summed E-state index contributed by atoms with van der Waals surface area (Å²) in [5.41, 5.74) is 0.703. The van der Waals surface area contributed by atoms with Gasteiger partial charge in [0.05, 0.1) is 5.52 Å². The first-order valence-corrected chi connectivity index (χ1v) is 4.74. The summed E-state index contributed by atoms with van der Waals surface area (Å²) in [6, 6.07) is 4.46. The molecule has 0 atom stereocenters. The number of nitrogens with zero attached hydrogens (tertiary/aromatic N) is 2. The number of anilines is 1. The lowest BCUT2D eigenvalue weighted by atomic mass is 10.2. The predicted octanol–water partition coefficient (Wildman–Crippen LogP) is 1.08. The molecule has 2 N–H and O–H groups in total. The van der Waals surface area contributed by atoms with Crippen LogP contribution in [0.4, 0.5) is 10.2 Å². The number of rotatable bonds is 0. The van der Waals surface area contributed by atoms with Crippen molar-refractivity contribution in [1.82, 2.24) is 9.55 Å². The van der Waals surface area contributed by atoms with Gasteiger partial charge in [-0.05, 0) is 12.1 Å². The van der Waals surface area contributed by atoms with Crippen molar-refractivity contribution >= 4 is 16.7 Å². The largest absolute Gasteiger partial charge is 0.369 e. The highest BCUT2D eigenvalue weighted by molar-refractivity contribution is 5.89. The Hall–Kier alpha value is -1.91. The van der Waals surface area contributed by atoms with Gasteiger partial charge in [-0.15, -0.1) is 0 Å². The number of aromatic nitrogens is 2. The molecule has 4 nitrogen and oxygen atoms in total. The fraction of sp³-hybridized carbons (Fsp3) is 0.200. The summed E-state index contributed by atoms with van der Waals surface area (Å²) in [5.74, 6) is 0.544. The lowest BCUT2D eigenvalue weighted by molar-refractivity contribution is 0.628. The maximum Gasteiger partial charge on any atom is 0.224 e. The second-order valence-corrected chi connectivity index (χ2v) is 3.52. The van der Waals surface area contributed by atoms with Crippen LogP contribution in [-0.4, -0.2) is 16.1 Å². The van der Waals surface area contributed by atoms with Crippen molar-refractivity contribution < 1.29 is 4.39 Å². The van der Waals surface area contributed by atoms with Crippen LogP contribution in [0.15, 0.2) is 18.2 Å². The van der Waals surface area contributed by atoms with Crippen LogP contribution in [0.25, 0.3) is 10.9 Å². The summed E-state index contributed by atoms with van der Waals surface area (Å²) >= 11 is 0. The van der Waals surface area contributed by atoms with E-state index in [1.165, 1.54) is 12.1 Å². The molecule has 0 amide bonds. The highest BCUT2D eigenvalue weighted by atomic mass is 19.1. The highest BCUT2D eigenvalue weighted by Gasteiger charge is 2.14. The second-order valence-electron chi connectivity index (χ2n) is 3.52. The Morgan fingerprint density at radius 2 is 2.33 bits per heavy atom. The zero-order valence-corrected chi connectivity index (χ0v) is 7.92. The molecule has 0 fully saturated rings. The predicted molar refractivity (Wildman–Crippen MR) is 54.0 cm³/mol. The van der Waals surface area contributed by atoms with E-state index < -0.39 is 0 Å². The zero-order valence-electron chi connectivity index (χ0n) is 7.92. The lowest BCUT2D eigenvalue weighted by Gasteiger charge is -2.06. The van der Waals surface area contributed by atoms with E-state index in [1.807, 2.05) is 0 Å². The summed E-state index contributed by atoms with van der Waals surface area (Å²) in [6.07, 6.45) is 0. The number of nitrogens with one attached hydrogen (secondary N) is 2. The van der Waals surface area contributed by atoms with E-state index in [0.717, 1.165) is 24.3 Å². The molecule has 0 bridgehead atoms. The van der Waals surface area contributed by atoms with E-state index in [9.17, 15) is 4.39 Å². The van der Waals surface area contributed by atoms with Crippen molar-refractivity contribution in [3.8, 4) is 0 Å². The summed E-state index contributed by atoms with van der Waals surface area (Å²) < 4.78 is 14.8. The molecule has 0 saturated carbocycles. The minimum absolute atomic E-state index is 0.174. The van der Waals surface area contributed by atoms with Crippen LogP contribution >= 0.6 is 0 Å². The Morgan fingerprint density at radius 1 is 1.47 bits per heavy atom. The molecule has 0 radical (unpaired) electrons. The summed E-state index contributed by atoms with van der Waals surface area (Å²) in [4.78, 5) is 4.06. The van der Waals surface area contributed by atoms with Crippen LogP contribution in [0.3, 0.4) is 0 Å². The Kier molecular flexibility index (Phi) is 1.56. The SMILES string of the molecule is N=c1nc2cc(F)ccc2c2n1CCN2. The fourth-order valence-corrected chi connectivity index (χ4v) is 1.92. The van der Waals surface area contributed by atoms with Crippen molar-refractivity contribution in [2.45, 2.75) is 6.54 Å². The number of benzene rings is 1. The third kappa shape index (κ3) is 1.12. The molecule has 0 spiro atoms.